The van der Waals surface area contributed by atoms with E-state index in [1.54, 1.807) is 4.90 Å². The van der Waals surface area contributed by atoms with Crippen molar-refractivity contribution in [3.8, 4) is 0 Å². The van der Waals surface area contributed by atoms with Crippen molar-refractivity contribution in [3.05, 3.63) is 29.8 Å². The molecule has 4 atom stereocenters. The first-order valence-electron chi connectivity index (χ1n) is 8.98. The first-order valence-corrected chi connectivity index (χ1v) is 10.1. The van der Waals surface area contributed by atoms with Crippen molar-refractivity contribution >= 4 is 52.4 Å². The van der Waals surface area contributed by atoms with Crippen LogP contribution in [-0.4, -0.2) is 76.2 Å². The largest absolute Gasteiger partial charge is 0.452 e. The second-order valence-electron chi connectivity index (χ2n) is 7.23. The number of rotatable bonds is 3. The van der Waals surface area contributed by atoms with Crippen LogP contribution in [0.2, 0.25) is 0 Å². The van der Waals surface area contributed by atoms with Gasteiger partial charge in [-0.2, -0.15) is 13.2 Å². The number of nitrogens with zero attached hydrogens (tertiary/aromatic N) is 4. The lowest BCUT2D eigenvalue weighted by molar-refractivity contribution is -0.137. The van der Waals surface area contributed by atoms with Gasteiger partial charge in [-0.15, -0.1) is 0 Å². The fourth-order valence-electron chi connectivity index (χ4n) is 4.18. The highest BCUT2D eigenvalue weighted by Crippen LogP contribution is 2.56. The molecule has 0 aromatic heterocycles. The van der Waals surface area contributed by atoms with Gasteiger partial charge in [-0.1, -0.05) is 45.5 Å². The molecule has 0 bridgehead atoms. The Morgan fingerprint density at radius 1 is 1.17 bits per heavy atom. The Balaban J connectivity index is 1.83. The molecule has 164 valence electrons. The molecule has 3 fully saturated rings. The first kappa shape index (κ1) is 22.1. The highest BCUT2D eigenvalue weighted by atomic mass is 35.6. The average molecular weight is 489 g/mol. The van der Waals surface area contributed by atoms with E-state index >= 15 is 0 Å². The molecule has 0 saturated carbocycles. The summed E-state index contributed by atoms with van der Waals surface area (Å²) in [4.78, 5) is 28.6. The van der Waals surface area contributed by atoms with Crippen LogP contribution >= 0.6 is 34.8 Å². The number of likely N-dealkylation sites (N-methyl/N-ethyl adjacent to an activating group) is 1. The number of imide groups is 1. The van der Waals surface area contributed by atoms with E-state index in [-0.39, 0.29) is 5.69 Å². The number of carbonyl (C=O) groups excluding carboxylic acids is 2. The predicted octanol–water partition coefficient (Wildman–Crippen LogP) is 3.19. The lowest BCUT2D eigenvalue weighted by atomic mass is 10.2. The summed E-state index contributed by atoms with van der Waals surface area (Å²) in [5.74, 6) is -0.579. The molecule has 3 aliphatic heterocycles. The van der Waals surface area contributed by atoms with Crippen molar-refractivity contribution in [3.63, 3.8) is 0 Å². The second-order valence-corrected chi connectivity index (χ2v) is 9.60. The number of urea groups is 1. The molecule has 13 heteroatoms. The van der Waals surface area contributed by atoms with Crippen LogP contribution < -0.4 is 4.59 Å². The molecular weight excluding hydrogens is 472 g/mol. The maximum Gasteiger partial charge on any atom is 0.452 e. The van der Waals surface area contributed by atoms with Gasteiger partial charge in [0.25, 0.3) is 0 Å². The van der Waals surface area contributed by atoms with Gasteiger partial charge in [-0.25, -0.2) is 9.69 Å². The smallest absolute Gasteiger partial charge is 0.379 e. The summed E-state index contributed by atoms with van der Waals surface area (Å²) in [6.07, 6.45) is -6.77. The Bertz CT molecular complexity index is 891. The van der Waals surface area contributed by atoms with Crippen LogP contribution in [0.4, 0.5) is 23.7 Å². The van der Waals surface area contributed by atoms with Gasteiger partial charge in [0.2, 0.25) is 3.79 Å². The van der Waals surface area contributed by atoms with Crippen molar-refractivity contribution < 1.29 is 27.5 Å². The molecule has 30 heavy (non-hydrogen) atoms. The molecule has 0 radical (unpaired) electrons. The number of amides is 3. The Hall–Kier alpha value is -1.14. The average Bonchev–Trinajstić information content (AvgIpc) is 3.29. The Kier molecular flexibility index (Phi) is 5.29. The number of hydrogen-bond acceptors (Lipinski definition) is 5. The van der Waals surface area contributed by atoms with Crippen molar-refractivity contribution in [1.82, 2.24) is 19.4 Å². The van der Waals surface area contributed by atoms with E-state index < -0.39 is 44.4 Å². The number of ether oxygens (including phenoxy) is 1. The summed E-state index contributed by atoms with van der Waals surface area (Å²) in [6.45, 7) is 1.42. The van der Waals surface area contributed by atoms with Crippen molar-refractivity contribution in [2.45, 2.75) is 22.3 Å². The molecule has 7 nitrogen and oxygen atoms in total. The Morgan fingerprint density at radius 3 is 2.37 bits per heavy atom. The zero-order chi connectivity index (χ0) is 22.1. The number of benzene rings is 1. The van der Waals surface area contributed by atoms with Crippen LogP contribution in [0.5, 0.6) is 0 Å². The van der Waals surface area contributed by atoms with E-state index in [1.807, 2.05) is 0 Å². The van der Waals surface area contributed by atoms with Crippen LogP contribution in [0.3, 0.4) is 0 Å². The maximum absolute atomic E-state index is 13.3. The highest BCUT2D eigenvalue weighted by Gasteiger charge is 2.86. The lowest BCUT2D eigenvalue weighted by Crippen LogP contribution is -2.59. The Labute approximate surface area is 184 Å². The van der Waals surface area contributed by atoms with Gasteiger partial charge in [0.15, 0.2) is 11.9 Å². The van der Waals surface area contributed by atoms with Crippen LogP contribution in [0, 0.1) is 0 Å². The Morgan fingerprint density at radius 2 is 1.80 bits per heavy atom. The summed E-state index contributed by atoms with van der Waals surface area (Å²) in [5.41, 5.74) is -0.963. The molecule has 0 N–H and O–H groups in total. The highest BCUT2D eigenvalue weighted by molar-refractivity contribution is 6.68. The summed E-state index contributed by atoms with van der Waals surface area (Å²) in [6, 6.07) is 3.59. The predicted molar refractivity (Wildman–Crippen MR) is 104 cm³/mol. The van der Waals surface area contributed by atoms with Gasteiger partial charge >= 0.3 is 24.3 Å². The summed E-state index contributed by atoms with van der Waals surface area (Å²) < 4.78 is 42.5. The van der Waals surface area contributed by atoms with Gasteiger partial charge in [0.1, 0.15) is 0 Å². The van der Waals surface area contributed by atoms with E-state index in [0.29, 0.717) is 26.3 Å². The summed E-state index contributed by atoms with van der Waals surface area (Å²) in [5, 5.41) is 1.36. The van der Waals surface area contributed by atoms with Crippen molar-refractivity contribution in [2.24, 2.45) is 0 Å². The molecule has 0 spiro atoms. The van der Waals surface area contributed by atoms with Gasteiger partial charge < -0.3 is 4.74 Å². The van der Waals surface area contributed by atoms with Crippen molar-refractivity contribution in [1.29, 1.82) is 0 Å². The number of hydrogen-bond donors (Lipinski definition) is 0. The zero-order valence-electron chi connectivity index (χ0n) is 15.6. The molecule has 3 aliphatic rings. The molecular formula is C17H17Cl3F3N4O3+. The van der Waals surface area contributed by atoms with Crippen LogP contribution in [0.15, 0.2) is 24.3 Å². The second kappa shape index (κ2) is 7.19. The number of morpholine rings is 1. The van der Waals surface area contributed by atoms with E-state index in [0.717, 1.165) is 17.0 Å². The third-order valence-electron chi connectivity index (χ3n) is 5.55. The standard InChI is InChI=1S/C17H17Cl3F3N4O3/c1-24-13(28)12-26(14(16(18,19)20)25-5-7-30-8-6-25)27(12,15(24)29)11-4-2-3-10(9-11)17(21,22)23/h2-4,9,12,14H,5-8H2,1H3/q+1. The number of alkyl halides is 6. The minimum absolute atomic E-state index is 0.0231. The van der Waals surface area contributed by atoms with Gasteiger partial charge in [0.05, 0.1) is 18.8 Å². The quantitative estimate of drug-likeness (QED) is 0.283. The van der Waals surface area contributed by atoms with E-state index in [2.05, 4.69) is 0 Å². The van der Waals surface area contributed by atoms with Crippen LogP contribution in [0.25, 0.3) is 0 Å². The van der Waals surface area contributed by atoms with E-state index in [4.69, 9.17) is 39.5 Å². The van der Waals surface area contributed by atoms with Gasteiger partial charge in [-0.05, 0) is 11.1 Å². The summed E-state index contributed by atoms with van der Waals surface area (Å²) in [7, 11) is 1.28. The first-order chi connectivity index (χ1) is 13.9. The summed E-state index contributed by atoms with van der Waals surface area (Å²) >= 11 is 18.7. The number of fused-ring (bicyclic) bond motifs is 1. The molecule has 0 aliphatic carbocycles. The van der Waals surface area contributed by atoms with Gasteiger partial charge in [0, 0.05) is 32.3 Å². The molecule has 3 amide bonds. The van der Waals surface area contributed by atoms with E-state index in [1.165, 1.54) is 24.2 Å². The molecule has 1 aromatic carbocycles. The third-order valence-corrected chi connectivity index (χ3v) is 6.13. The normalized spacial score (nSPS) is 31.1. The number of quaternary nitrogens is 1. The monoisotopic (exact) mass is 487 g/mol. The third kappa shape index (κ3) is 3.21. The minimum Gasteiger partial charge on any atom is -0.379 e. The van der Waals surface area contributed by atoms with Gasteiger partial charge in [-0.3, -0.25) is 9.69 Å². The number of halogens is 6. The molecule has 3 heterocycles. The molecule has 3 saturated heterocycles. The zero-order valence-corrected chi connectivity index (χ0v) is 17.8. The maximum atomic E-state index is 13.3. The van der Waals surface area contributed by atoms with E-state index in [9.17, 15) is 22.8 Å². The molecule has 1 aromatic rings. The minimum atomic E-state index is -4.62. The van der Waals surface area contributed by atoms with Crippen LogP contribution in [-0.2, 0) is 15.7 Å². The fourth-order valence-corrected chi connectivity index (χ4v) is 4.89. The number of carbonyl (C=O) groups is 2. The fraction of sp³-hybridized carbons (Fsp3) is 0.529. The van der Waals surface area contributed by atoms with Crippen LogP contribution in [0.1, 0.15) is 5.56 Å². The molecule has 4 unspecified atom stereocenters. The lowest BCUT2D eigenvalue weighted by Gasteiger charge is -2.38. The topological polar surface area (TPSA) is 52.9 Å². The van der Waals surface area contributed by atoms with Crippen molar-refractivity contribution in [2.75, 3.05) is 33.4 Å². The molecule has 4 rings (SSSR count). The SMILES string of the molecule is CN1C(=O)C2N(C(N3CCOCC3)C(Cl)(Cl)Cl)[N+]2(c2cccc(C(F)(F)F)c2)C1=O.